The molecule has 1 heterocycles. The van der Waals surface area contributed by atoms with Gasteiger partial charge in [-0.3, -0.25) is 0 Å². The lowest BCUT2D eigenvalue weighted by Gasteiger charge is -1.95. The van der Waals surface area contributed by atoms with Gasteiger partial charge in [-0.15, -0.1) is 0 Å². The van der Waals surface area contributed by atoms with E-state index in [-0.39, 0.29) is 12.5 Å². The minimum absolute atomic E-state index is 0.145. The number of benzene rings is 1. The summed E-state index contributed by atoms with van der Waals surface area (Å²) in [4.78, 5) is 26.0. The highest BCUT2D eigenvalue weighted by Gasteiger charge is 2.16. The second kappa shape index (κ2) is 5.34. The molecule has 0 atom stereocenters. The van der Waals surface area contributed by atoms with Crippen molar-refractivity contribution in [3.8, 4) is 0 Å². The van der Waals surface area contributed by atoms with Gasteiger partial charge in [0.15, 0.2) is 5.58 Å². The lowest BCUT2D eigenvalue weighted by atomic mass is 10.2. The van der Waals surface area contributed by atoms with Crippen LogP contribution >= 0.6 is 0 Å². The minimum atomic E-state index is -1.07. The van der Waals surface area contributed by atoms with Crippen LogP contribution in [0.4, 0.5) is 0 Å². The Hall–Kier alpha value is -2.63. The Morgan fingerprint density at radius 2 is 2.26 bits per heavy atom. The van der Waals surface area contributed by atoms with E-state index in [0.717, 1.165) is 6.08 Å². The molecule has 0 aliphatic carbocycles. The van der Waals surface area contributed by atoms with Crippen molar-refractivity contribution >= 4 is 29.1 Å². The first-order chi connectivity index (χ1) is 9.11. The molecule has 0 spiro atoms. The number of carbonyl (C=O) groups excluding carboxylic acids is 1. The summed E-state index contributed by atoms with van der Waals surface area (Å²) in [6.07, 6.45) is 2.37. The van der Waals surface area contributed by atoms with Gasteiger partial charge in [0.05, 0.1) is 6.61 Å². The number of carbonyl (C=O) groups is 2. The zero-order chi connectivity index (χ0) is 13.8. The van der Waals surface area contributed by atoms with Crippen molar-refractivity contribution in [2.75, 3.05) is 6.61 Å². The average Bonchev–Trinajstić information content (AvgIpc) is 2.80. The molecule has 0 fully saturated rings. The number of oxazole rings is 1. The van der Waals surface area contributed by atoms with E-state index in [0.29, 0.717) is 16.7 Å². The first-order valence-corrected chi connectivity index (χ1v) is 5.59. The van der Waals surface area contributed by atoms with Crippen LogP contribution in [-0.4, -0.2) is 28.6 Å². The van der Waals surface area contributed by atoms with Crippen molar-refractivity contribution in [1.29, 1.82) is 0 Å². The Labute approximate surface area is 108 Å². The molecule has 1 N–H and O–H groups in total. The zero-order valence-electron chi connectivity index (χ0n) is 10.1. The summed E-state index contributed by atoms with van der Waals surface area (Å²) in [5.41, 5.74) is 1.35. The standard InChI is InChI=1S/C13H11NO5/c1-2-18-13(17)12-14-9-5-3-4-8(11(9)19-12)6-7-10(15)16/h3-7H,2H2,1H3,(H,15,16)/b7-6+. The maximum Gasteiger partial charge on any atom is 0.394 e. The summed E-state index contributed by atoms with van der Waals surface area (Å²) in [5.74, 6) is -1.86. The van der Waals surface area contributed by atoms with Crippen molar-refractivity contribution in [2.45, 2.75) is 6.92 Å². The first kappa shape index (κ1) is 12.8. The Morgan fingerprint density at radius 1 is 1.47 bits per heavy atom. The Balaban J connectivity index is 2.44. The van der Waals surface area contributed by atoms with E-state index in [1.807, 2.05) is 0 Å². The van der Waals surface area contributed by atoms with Gasteiger partial charge in [-0.05, 0) is 19.1 Å². The number of hydrogen-bond donors (Lipinski definition) is 1. The molecule has 1 aromatic carbocycles. The van der Waals surface area contributed by atoms with Crippen molar-refractivity contribution < 1.29 is 23.8 Å². The van der Waals surface area contributed by atoms with E-state index in [1.165, 1.54) is 6.08 Å². The van der Waals surface area contributed by atoms with Gasteiger partial charge in [-0.1, -0.05) is 12.1 Å². The highest BCUT2D eigenvalue weighted by molar-refractivity contribution is 5.93. The third-order valence-corrected chi connectivity index (χ3v) is 2.30. The molecule has 0 aliphatic rings. The number of hydrogen-bond acceptors (Lipinski definition) is 5. The quantitative estimate of drug-likeness (QED) is 0.669. The maximum absolute atomic E-state index is 11.5. The fraction of sp³-hybridized carbons (Fsp3) is 0.154. The average molecular weight is 261 g/mol. The summed E-state index contributed by atoms with van der Waals surface area (Å²) < 4.78 is 10.1. The predicted molar refractivity (Wildman–Crippen MR) is 66.6 cm³/mol. The molecule has 0 saturated carbocycles. The zero-order valence-corrected chi connectivity index (χ0v) is 10.1. The second-order valence-corrected chi connectivity index (χ2v) is 3.61. The largest absolute Gasteiger partial charge is 0.478 e. The first-order valence-electron chi connectivity index (χ1n) is 5.59. The van der Waals surface area contributed by atoms with Crippen LogP contribution in [-0.2, 0) is 9.53 Å². The molecule has 0 radical (unpaired) electrons. The van der Waals surface area contributed by atoms with E-state index in [4.69, 9.17) is 14.3 Å². The topological polar surface area (TPSA) is 89.6 Å². The smallest absolute Gasteiger partial charge is 0.394 e. The summed E-state index contributed by atoms with van der Waals surface area (Å²) in [6.45, 7) is 1.91. The number of nitrogens with zero attached hydrogens (tertiary/aromatic N) is 1. The number of carboxylic acid groups (broad SMARTS) is 1. The molecule has 19 heavy (non-hydrogen) atoms. The highest BCUT2D eigenvalue weighted by Crippen LogP contribution is 2.21. The molecular weight excluding hydrogens is 250 g/mol. The predicted octanol–water partition coefficient (Wildman–Crippen LogP) is 2.10. The Bertz CT molecular complexity index is 656. The SMILES string of the molecule is CCOC(=O)c1nc2cccc(/C=C/C(=O)O)c2o1. The Kier molecular flexibility index (Phi) is 3.61. The lowest BCUT2D eigenvalue weighted by molar-refractivity contribution is -0.131. The minimum Gasteiger partial charge on any atom is -0.478 e. The van der Waals surface area contributed by atoms with Crippen LogP contribution in [0.25, 0.3) is 17.2 Å². The second-order valence-electron chi connectivity index (χ2n) is 3.61. The number of esters is 1. The summed E-state index contributed by atoms with van der Waals surface area (Å²) >= 11 is 0. The van der Waals surface area contributed by atoms with Crippen molar-refractivity contribution in [3.63, 3.8) is 0 Å². The molecule has 0 saturated heterocycles. The van der Waals surface area contributed by atoms with Gasteiger partial charge >= 0.3 is 17.8 Å². The van der Waals surface area contributed by atoms with Gasteiger partial charge in [0.25, 0.3) is 0 Å². The van der Waals surface area contributed by atoms with Crippen LogP contribution in [0.1, 0.15) is 23.2 Å². The number of rotatable bonds is 4. The Morgan fingerprint density at radius 3 is 2.95 bits per heavy atom. The normalized spacial score (nSPS) is 11.0. The highest BCUT2D eigenvalue weighted by atomic mass is 16.5. The van der Waals surface area contributed by atoms with E-state index in [2.05, 4.69) is 4.98 Å². The molecular formula is C13H11NO5. The van der Waals surface area contributed by atoms with E-state index in [9.17, 15) is 9.59 Å². The van der Waals surface area contributed by atoms with Crippen LogP contribution in [0.3, 0.4) is 0 Å². The molecule has 0 unspecified atom stereocenters. The molecule has 6 nitrogen and oxygen atoms in total. The number of aliphatic carboxylic acids is 1. The van der Waals surface area contributed by atoms with Crippen molar-refractivity contribution in [1.82, 2.24) is 4.98 Å². The number of para-hydroxylation sites is 1. The molecule has 2 rings (SSSR count). The third kappa shape index (κ3) is 2.79. The molecule has 98 valence electrons. The summed E-state index contributed by atoms with van der Waals surface area (Å²) in [5, 5.41) is 8.60. The molecule has 0 bridgehead atoms. The van der Waals surface area contributed by atoms with E-state index >= 15 is 0 Å². The van der Waals surface area contributed by atoms with Gasteiger partial charge < -0.3 is 14.3 Å². The van der Waals surface area contributed by atoms with Crippen LogP contribution in [0.15, 0.2) is 28.7 Å². The van der Waals surface area contributed by atoms with Gasteiger partial charge in [0, 0.05) is 11.6 Å². The van der Waals surface area contributed by atoms with Crippen LogP contribution in [0.5, 0.6) is 0 Å². The molecule has 1 aromatic heterocycles. The van der Waals surface area contributed by atoms with Gasteiger partial charge in [0.2, 0.25) is 0 Å². The van der Waals surface area contributed by atoms with Gasteiger partial charge in [0.1, 0.15) is 5.52 Å². The maximum atomic E-state index is 11.5. The van der Waals surface area contributed by atoms with Crippen LogP contribution in [0.2, 0.25) is 0 Å². The number of aromatic nitrogens is 1. The number of ether oxygens (including phenoxy) is 1. The number of carboxylic acids is 1. The fourth-order valence-corrected chi connectivity index (χ4v) is 1.54. The molecule has 2 aromatic rings. The molecule has 0 amide bonds. The van der Waals surface area contributed by atoms with Crippen molar-refractivity contribution in [2.24, 2.45) is 0 Å². The molecule has 0 aliphatic heterocycles. The summed E-state index contributed by atoms with van der Waals surface area (Å²) in [7, 11) is 0. The van der Waals surface area contributed by atoms with E-state index < -0.39 is 11.9 Å². The number of fused-ring (bicyclic) bond motifs is 1. The summed E-state index contributed by atoms with van der Waals surface area (Å²) in [6, 6.07) is 5.03. The lowest BCUT2D eigenvalue weighted by Crippen LogP contribution is -2.04. The van der Waals surface area contributed by atoms with Gasteiger partial charge in [-0.25, -0.2) is 14.6 Å². The fourth-order valence-electron chi connectivity index (χ4n) is 1.54. The third-order valence-electron chi connectivity index (χ3n) is 2.30. The van der Waals surface area contributed by atoms with Gasteiger partial charge in [-0.2, -0.15) is 0 Å². The van der Waals surface area contributed by atoms with E-state index in [1.54, 1.807) is 25.1 Å². The molecule has 6 heteroatoms. The van der Waals surface area contributed by atoms with Crippen LogP contribution < -0.4 is 0 Å². The monoisotopic (exact) mass is 261 g/mol. The van der Waals surface area contributed by atoms with Crippen molar-refractivity contribution in [3.05, 3.63) is 35.7 Å². The van der Waals surface area contributed by atoms with Crippen LogP contribution in [0, 0.1) is 0 Å².